The molecule has 0 aliphatic carbocycles. The first-order valence-electron chi connectivity index (χ1n) is 4.57. The molecule has 7 nitrogen and oxygen atoms in total. The lowest BCUT2D eigenvalue weighted by atomic mass is 10.4. The SMILES string of the molecule is Nc1ccn(CC(=O)OCc2cnoc2)n1. The Morgan fingerprint density at radius 1 is 1.62 bits per heavy atom. The van der Waals surface area contributed by atoms with E-state index in [1.54, 1.807) is 12.3 Å². The molecule has 0 bridgehead atoms. The van der Waals surface area contributed by atoms with Gasteiger partial charge in [0.2, 0.25) is 0 Å². The highest BCUT2D eigenvalue weighted by molar-refractivity contribution is 5.69. The van der Waals surface area contributed by atoms with Gasteiger partial charge in [0.1, 0.15) is 25.2 Å². The molecular formula is C9H10N4O3. The Bertz CT molecular complexity index is 463. The fourth-order valence-corrected chi connectivity index (χ4v) is 1.11. The summed E-state index contributed by atoms with van der Waals surface area (Å²) in [5.41, 5.74) is 6.10. The highest BCUT2D eigenvalue weighted by Crippen LogP contribution is 2.01. The number of rotatable bonds is 4. The van der Waals surface area contributed by atoms with Gasteiger partial charge >= 0.3 is 5.97 Å². The first kappa shape index (κ1) is 10.2. The third-order valence-electron chi connectivity index (χ3n) is 1.84. The number of hydrogen-bond acceptors (Lipinski definition) is 6. The molecule has 16 heavy (non-hydrogen) atoms. The fourth-order valence-electron chi connectivity index (χ4n) is 1.11. The van der Waals surface area contributed by atoms with Gasteiger partial charge in [-0.25, -0.2) is 0 Å². The van der Waals surface area contributed by atoms with E-state index in [2.05, 4.69) is 14.8 Å². The largest absolute Gasteiger partial charge is 0.459 e. The number of carbonyl (C=O) groups is 1. The molecule has 2 rings (SSSR count). The van der Waals surface area contributed by atoms with Crippen LogP contribution in [0.5, 0.6) is 0 Å². The molecule has 2 aromatic rings. The molecule has 0 radical (unpaired) electrons. The molecule has 2 aromatic heterocycles. The highest BCUT2D eigenvalue weighted by Gasteiger charge is 2.06. The number of esters is 1. The number of aromatic nitrogens is 3. The molecule has 0 saturated heterocycles. The predicted octanol–water partition coefficient (Wildman–Crippen LogP) is 0.197. The van der Waals surface area contributed by atoms with E-state index in [0.29, 0.717) is 11.4 Å². The molecule has 7 heteroatoms. The van der Waals surface area contributed by atoms with Crippen LogP contribution in [0, 0.1) is 0 Å². The van der Waals surface area contributed by atoms with Crippen LogP contribution in [0.1, 0.15) is 5.56 Å². The van der Waals surface area contributed by atoms with Crippen molar-refractivity contribution < 1.29 is 14.1 Å². The normalized spacial score (nSPS) is 10.2. The van der Waals surface area contributed by atoms with Gasteiger partial charge in [-0.2, -0.15) is 5.10 Å². The predicted molar refractivity (Wildman–Crippen MR) is 52.9 cm³/mol. The Kier molecular flexibility index (Phi) is 2.86. The van der Waals surface area contributed by atoms with Gasteiger partial charge in [-0.15, -0.1) is 0 Å². The number of nitrogen functional groups attached to an aromatic ring is 1. The average molecular weight is 222 g/mol. The number of ether oxygens (including phenoxy) is 1. The summed E-state index contributed by atoms with van der Waals surface area (Å²) >= 11 is 0. The molecule has 2 heterocycles. The monoisotopic (exact) mass is 222 g/mol. The second-order valence-corrected chi connectivity index (χ2v) is 3.13. The zero-order valence-corrected chi connectivity index (χ0v) is 8.37. The maximum absolute atomic E-state index is 11.3. The molecule has 0 fully saturated rings. The quantitative estimate of drug-likeness (QED) is 0.742. The van der Waals surface area contributed by atoms with E-state index in [1.165, 1.54) is 17.1 Å². The summed E-state index contributed by atoms with van der Waals surface area (Å²) in [5.74, 6) is -0.0314. The summed E-state index contributed by atoms with van der Waals surface area (Å²) in [4.78, 5) is 11.3. The Hall–Kier alpha value is -2.31. The smallest absolute Gasteiger partial charge is 0.328 e. The van der Waals surface area contributed by atoms with Gasteiger partial charge in [0.15, 0.2) is 0 Å². The van der Waals surface area contributed by atoms with Gasteiger partial charge in [-0.05, 0) is 6.07 Å². The van der Waals surface area contributed by atoms with Crippen molar-refractivity contribution in [2.45, 2.75) is 13.2 Å². The van der Waals surface area contributed by atoms with E-state index in [-0.39, 0.29) is 13.2 Å². The van der Waals surface area contributed by atoms with Crippen LogP contribution in [-0.2, 0) is 22.7 Å². The summed E-state index contributed by atoms with van der Waals surface area (Å²) in [6, 6.07) is 1.60. The van der Waals surface area contributed by atoms with Crippen LogP contribution in [0.4, 0.5) is 5.82 Å². The lowest BCUT2D eigenvalue weighted by Gasteiger charge is -2.02. The highest BCUT2D eigenvalue weighted by atomic mass is 16.5. The zero-order chi connectivity index (χ0) is 11.4. The average Bonchev–Trinajstić information content (AvgIpc) is 2.87. The van der Waals surface area contributed by atoms with Crippen LogP contribution in [0.2, 0.25) is 0 Å². The third-order valence-corrected chi connectivity index (χ3v) is 1.84. The van der Waals surface area contributed by atoms with Gasteiger partial charge < -0.3 is 15.0 Å². The van der Waals surface area contributed by atoms with Crippen LogP contribution in [0.3, 0.4) is 0 Å². The van der Waals surface area contributed by atoms with Gasteiger partial charge in [-0.1, -0.05) is 5.16 Å². The number of hydrogen-bond donors (Lipinski definition) is 1. The molecule has 0 spiro atoms. The maximum Gasteiger partial charge on any atom is 0.328 e. The van der Waals surface area contributed by atoms with Gasteiger partial charge in [0, 0.05) is 11.8 Å². The number of anilines is 1. The maximum atomic E-state index is 11.3. The Morgan fingerprint density at radius 3 is 3.12 bits per heavy atom. The lowest BCUT2D eigenvalue weighted by molar-refractivity contribution is -0.145. The first-order chi connectivity index (χ1) is 7.74. The standard InChI is InChI=1S/C9H10N4O3/c10-8-1-2-13(12-8)4-9(14)15-5-7-3-11-16-6-7/h1-3,6H,4-5H2,(H2,10,12). The molecule has 2 N–H and O–H groups in total. The summed E-state index contributed by atoms with van der Waals surface area (Å²) in [6.07, 6.45) is 4.51. The van der Waals surface area contributed by atoms with E-state index >= 15 is 0 Å². The number of nitrogens with two attached hydrogens (primary N) is 1. The van der Waals surface area contributed by atoms with Crippen LogP contribution in [0.15, 0.2) is 29.2 Å². The minimum Gasteiger partial charge on any atom is -0.459 e. The molecular weight excluding hydrogens is 212 g/mol. The van der Waals surface area contributed by atoms with Crippen LogP contribution in [0.25, 0.3) is 0 Å². The van der Waals surface area contributed by atoms with Gasteiger partial charge in [0.25, 0.3) is 0 Å². The second kappa shape index (κ2) is 4.47. The van der Waals surface area contributed by atoms with E-state index in [0.717, 1.165) is 0 Å². The van der Waals surface area contributed by atoms with Crippen molar-refractivity contribution in [3.05, 3.63) is 30.3 Å². The van der Waals surface area contributed by atoms with Crippen molar-refractivity contribution >= 4 is 11.8 Å². The molecule has 0 atom stereocenters. The summed E-state index contributed by atoms with van der Waals surface area (Å²) in [7, 11) is 0. The minimum atomic E-state index is -0.399. The Labute approximate surface area is 90.8 Å². The molecule has 84 valence electrons. The van der Waals surface area contributed by atoms with E-state index in [9.17, 15) is 4.79 Å². The molecule has 0 aromatic carbocycles. The minimum absolute atomic E-state index is 0.0302. The van der Waals surface area contributed by atoms with Crippen molar-refractivity contribution in [1.29, 1.82) is 0 Å². The van der Waals surface area contributed by atoms with Crippen molar-refractivity contribution in [3.63, 3.8) is 0 Å². The summed E-state index contributed by atoms with van der Waals surface area (Å²) in [6.45, 7) is 0.168. The summed E-state index contributed by atoms with van der Waals surface area (Å²) in [5, 5.41) is 7.35. The van der Waals surface area contributed by atoms with Gasteiger partial charge in [0.05, 0.1) is 6.20 Å². The van der Waals surface area contributed by atoms with Crippen LogP contribution in [-0.4, -0.2) is 20.9 Å². The molecule has 0 unspecified atom stereocenters. The van der Waals surface area contributed by atoms with E-state index in [4.69, 9.17) is 10.5 Å². The topological polar surface area (TPSA) is 96.2 Å². The number of carbonyl (C=O) groups excluding carboxylic acids is 1. The van der Waals surface area contributed by atoms with Crippen molar-refractivity contribution in [1.82, 2.24) is 14.9 Å². The van der Waals surface area contributed by atoms with E-state index < -0.39 is 5.97 Å². The molecule has 0 amide bonds. The van der Waals surface area contributed by atoms with Crippen LogP contribution < -0.4 is 5.73 Å². The van der Waals surface area contributed by atoms with Crippen molar-refractivity contribution in [2.24, 2.45) is 0 Å². The fraction of sp³-hybridized carbons (Fsp3) is 0.222. The van der Waals surface area contributed by atoms with Gasteiger partial charge in [-0.3, -0.25) is 9.48 Å². The van der Waals surface area contributed by atoms with Crippen molar-refractivity contribution in [3.8, 4) is 0 Å². The van der Waals surface area contributed by atoms with Crippen molar-refractivity contribution in [2.75, 3.05) is 5.73 Å². The summed E-state index contributed by atoms with van der Waals surface area (Å²) < 4.78 is 11.0. The third kappa shape index (κ3) is 2.59. The Balaban J connectivity index is 1.81. The number of nitrogens with zero attached hydrogens (tertiary/aromatic N) is 3. The molecule has 0 saturated carbocycles. The Morgan fingerprint density at radius 2 is 2.50 bits per heavy atom. The molecule has 0 aliphatic rings. The molecule has 0 aliphatic heterocycles. The lowest BCUT2D eigenvalue weighted by Crippen LogP contribution is -2.13. The zero-order valence-electron chi connectivity index (χ0n) is 8.37. The van der Waals surface area contributed by atoms with E-state index in [1.807, 2.05) is 0 Å². The second-order valence-electron chi connectivity index (χ2n) is 3.13. The first-order valence-corrected chi connectivity index (χ1v) is 4.57. The van der Waals surface area contributed by atoms with Crippen LogP contribution >= 0.6 is 0 Å².